The fourth-order valence-corrected chi connectivity index (χ4v) is 2.72. The van der Waals surface area contributed by atoms with Crippen molar-refractivity contribution >= 4 is 22.6 Å². The van der Waals surface area contributed by atoms with Crippen LogP contribution < -0.4 is 15.1 Å². The Balaban J connectivity index is 2.21. The average molecular weight is 318 g/mol. The summed E-state index contributed by atoms with van der Waals surface area (Å²) in [7, 11) is 3.58. The summed E-state index contributed by atoms with van der Waals surface area (Å²) in [5.41, 5.74) is 0.589. The predicted molar refractivity (Wildman–Crippen MR) is 85.7 cm³/mol. The molecule has 1 N–H and O–H groups in total. The second-order valence-corrected chi connectivity index (χ2v) is 5.59. The standard InChI is InChI=1S/C16H18N2O5/c1-17-3-5-18(6-4-17)12-8-10(22-2)7-11-13(19)9-14(16(20)21)23-15(11)12/h7-9H,3-6H2,1-2H3,(H,20,21). The van der Waals surface area contributed by atoms with Gasteiger partial charge in [0.05, 0.1) is 18.2 Å². The van der Waals surface area contributed by atoms with Gasteiger partial charge in [-0.2, -0.15) is 0 Å². The number of fused-ring (bicyclic) bond motifs is 1. The van der Waals surface area contributed by atoms with Crippen molar-refractivity contribution in [3.63, 3.8) is 0 Å². The van der Waals surface area contributed by atoms with E-state index in [-0.39, 0.29) is 5.76 Å². The SMILES string of the molecule is COc1cc(N2CCN(C)CC2)c2oc(C(=O)O)cc(=O)c2c1. The van der Waals surface area contributed by atoms with Gasteiger partial charge in [-0.1, -0.05) is 0 Å². The molecular formula is C16H18N2O5. The lowest BCUT2D eigenvalue weighted by atomic mass is 10.1. The lowest BCUT2D eigenvalue weighted by molar-refractivity contribution is 0.0663. The van der Waals surface area contributed by atoms with Crippen molar-refractivity contribution in [2.75, 3.05) is 45.2 Å². The van der Waals surface area contributed by atoms with E-state index in [2.05, 4.69) is 9.80 Å². The number of benzene rings is 1. The zero-order valence-electron chi connectivity index (χ0n) is 13.0. The Bertz CT molecular complexity index is 806. The molecule has 1 saturated heterocycles. The summed E-state index contributed by atoms with van der Waals surface area (Å²) in [5, 5.41) is 9.45. The van der Waals surface area contributed by atoms with Crippen molar-refractivity contribution in [2.45, 2.75) is 0 Å². The number of carboxylic acids is 1. The minimum absolute atomic E-state index is 0.292. The third-order valence-corrected chi connectivity index (χ3v) is 4.07. The molecule has 2 aromatic rings. The van der Waals surface area contributed by atoms with E-state index in [1.807, 2.05) is 7.05 Å². The van der Waals surface area contributed by atoms with Gasteiger partial charge in [-0.25, -0.2) is 4.79 Å². The smallest absolute Gasteiger partial charge is 0.371 e. The van der Waals surface area contributed by atoms with Crippen LogP contribution >= 0.6 is 0 Å². The quantitative estimate of drug-likeness (QED) is 0.912. The fraction of sp³-hybridized carbons (Fsp3) is 0.375. The number of rotatable bonds is 3. The molecule has 7 heteroatoms. The maximum atomic E-state index is 12.3. The van der Waals surface area contributed by atoms with E-state index >= 15 is 0 Å². The molecular weight excluding hydrogens is 300 g/mol. The van der Waals surface area contributed by atoms with Crippen LogP contribution in [-0.4, -0.2) is 56.3 Å². The summed E-state index contributed by atoms with van der Waals surface area (Å²) in [5.74, 6) is -1.08. The van der Waals surface area contributed by atoms with Crippen LogP contribution in [-0.2, 0) is 0 Å². The minimum Gasteiger partial charge on any atom is -0.497 e. The van der Waals surface area contributed by atoms with Crippen molar-refractivity contribution in [1.82, 2.24) is 4.90 Å². The molecule has 0 spiro atoms. The van der Waals surface area contributed by atoms with E-state index in [0.717, 1.165) is 32.2 Å². The lowest BCUT2D eigenvalue weighted by Gasteiger charge is -2.34. The van der Waals surface area contributed by atoms with Crippen molar-refractivity contribution in [3.05, 3.63) is 34.2 Å². The Kier molecular flexibility index (Phi) is 3.96. The van der Waals surface area contributed by atoms with Crippen molar-refractivity contribution in [3.8, 4) is 5.75 Å². The largest absolute Gasteiger partial charge is 0.497 e. The van der Waals surface area contributed by atoms with Gasteiger partial charge in [-0.3, -0.25) is 4.79 Å². The Morgan fingerprint density at radius 1 is 1.22 bits per heavy atom. The fourth-order valence-electron chi connectivity index (χ4n) is 2.72. The minimum atomic E-state index is -1.26. The Hall–Kier alpha value is -2.54. The van der Waals surface area contributed by atoms with Crippen molar-refractivity contribution in [2.24, 2.45) is 0 Å². The summed E-state index contributed by atoms with van der Waals surface area (Å²) < 4.78 is 10.8. The highest BCUT2D eigenvalue weighted by Gasteiger charge is 2.21. The zero-order valence-corrected chi connectivity index (χ0v) is 13.0. The second kappa shape index (κ2) is 5.92. The van der Waals surface area contributed by atoms with Crippen LogP contribution in [0.4, 0.5) is 5.69 Å². The van der Waals surface area contributed by atoms with Gasteiger partial charge >= 0.3 is 5.97 Å². The molecule has 2 heterocycles. The van der Waals surface area contributed by atoms with Crippen LogP contribution in [0.15, 0.2) is 27.4 Å². The Morgan fingerprint density at radius 3 is 2.52 bits per heavy atom. The highest BCUT2D eigenvalue weighted by molar-refractivity contribution is 5.93. The molecule has 0 amide bonds. The van der Waals surface area contributed by atoms with Crippen LogP contribution in [0.1, 0.15) is 10.6 Å². The molecule has 0 unspecified atom stereocenters. The molecule has 0 radical (unpaired) electrons. The van der Waals surface area contributed by atoms with Crippen LogP contribution in [0, 0.1) is 0 Å². The number of carboxylic acid groups (broad SMARTS) is 1. The average Bonchev–Trinajstić information content (AvgIpc) is 2.54. The highest BCUT2D eigenvalue weighted by atomic mass is 16.5. The van der Waals surface area contributed by atoms with Gasteiger partial charge in [0.15, 0.2) is 11.0 Å². The number of methoxy groups -OCH3 is 1. The summed E-state index contributed by atoms with van der Waals surface area (Å²) in [6, 6.07) is 4.35. The number of piperazine rings is 1. The first kappa shape index (κ1) is 15.4. The van der Waals surface area contributed by atoms with Crippen LogP contribution in [0.5, 0.6) is 5.75 Å². The van der Waals surface area contributed by atoms with Gasteiger partial charge in [-0.05, 0) is 13.1 Å². The topological polar surface area (TPSA) is 83.2 Å². The van der Waals surface area contributed by atoms with Gasteiger partial charge in [0, 0.05) is 38.3 Å². The third kappa shape index (κ3) is 2.87. The van der Waals surface area contributed by atoms with Crippen LogP contribution in [0.25, 0.3) is 11.0 Å². The molecule has 3 rings (SSSR count). The first-order chi connectivity index (χ1) is 11.0. The molecule has 7 nitrogen and oxygen atoms in total. The van der Waals surface area contributed by atoms with Gasteiger partial charge in [-0.15, -0.1) is 0 Å². The number of likely N-dealkylation sites (N-methyl/N-ethyl adjacent to an activating group) is 1. The third-order valence-electron chi connectivity index (χ3n) is 4.07. The number of hydrogen-bond acceptors (Lipinski definition) is 6. The molecule has 1 aliphatic rings. The van der Waals surface area contributed by atoms with E-state index in [4.69, 9.17) is 14.3 Å². The number of nitrogens with zero attached hydrogens (tertiary/aromatic N) is 2. The van der Waals surface area contributed by atoms with Crippen LogP contribution in [0.3, 0.4) is 0 Å². The van der Waals surface area contributed by atoms with Crippen molar-refractivity contribution in [1.29, 1.82) is 0 Å². The molecule has 0 aliphatic carbocycles. The van der Waals surface area contributed by atoms with E-state index in [1.54, 1.807) is 12.1 Å². The molecule has 0 bridgehead atoms. The van der Waals surface area contributed by atoms with E-state index in [0.29, 0.717) is 22.4 Å². The first-order valence-corrected chi connectivity index (χ1v) is 7.32. The molecule has 1 aromatic carbocycles. The van der Waals surface area contributed by atoms with Gasteiger partial charge in [0.1, 0.15) is 5.75 Å². The monoisotopic (exact) mass is 318 g/mol. The van der Waals surface area contributed by atoms with Crippen molar-refractivity contribution < 1.29 is 19.1 Å². The number of carbonyl (C=O) groups is 1. The maximum absolute atomic E-state index is 12.3. The van der Waals surface area contributed by atoms with Gasteiger partial charge < -0.3 is 24.1 Å². The molecule has 122 valence electrons. The van der Waals surface area contributed by atoms with E-state index in [9.17, 15) is 9.59 Å². The summed E-state index contributed by atoms with van der Waals surface area (Å²) in [4.78, 5) is 27.7. The summed E-state index contributed by atoms with van der Waals surface area (Å²) >= 11 is 0. The molecule has 0 saturated carbocycles. The number of ether oxygens (including phenoxy) is 1. The van der Waals surface area contributed by atoms with Crippen LogP contribution in [0.2, 0.25) is 0 Å². The Morgan fingerprint density at radius 2 is 1.91 bits per heavy atom. The van der Waals surface area contributed by atoms with E-state index < -0.39 is 11.4 Å². The predicted octanol–water partition coefficient (Wildman–Crippen LogP) is 1.25. The molecule has 23 heavy (non-hydrogen) atoms. The summed E-state index contributed by atoms with van der Waals surface area (Å²) in [6.07, 6.45) is 0. The molecule has 1 aromatic heterocycles. The normalized spacial score (nSPS) is 15.8. The molecule has 1 fully saturated rings. The van der Waals surface area contributed by atoms with E-state index in [1.165, 1.54) is 7.11 Å². The maximum Gasteiger partial charge on any atom is 0.371 e. The highest BCUT2D eigenvalue weighted by Crippen LogP contribution is 2.31. The summed E-state index contributed by atoms with van der Waals surface area (Å²) in [6.45, 7) is 3.28. The molecule has 0 atom stereocenters. The lowest BCUT2D eigenvalue weighted by Crippen LogP contribution is -2.44. The Labute approximate surface area is 132 Å². The number of anilines is 1. The molecule has 1 aliphatic heterocycles. The van der Waals surface area contributed by atoms with Gasteiger partial charge in [0.2, 0.25) is 5.76 Å². The van der Waals surface area contributed by atoms with Gasteiger partial charge in [0.25, 0.3) is 0 Å². The second-order valence-electron chi connectivity index (χ2n) is 5.59. The number of aromatic carboxylic acids is 1. The first-order valence-electron chi connectivity index (χ1n) is 7.32. The number of hydrogen-bond donors (Lipinski definition) is 1. The zero-order chi connectivity index (χ0) is 16.6.